The number of carbonyl (C=O) groups excluding carboxylic acids is 1. The number of nitrogens with zero attached hydrogens (tertiary/aromatic N) is 1. The minimum Gasteiger partial charge on any atom is -0.478 e. The fourth-order valence-electron chi connectivity index (χ4n) is 3.68. The first-order valence-corrected chi connectivity index (χ1v) is 10.8. The molecule has 0 aromatic heterocycles. The minimum absolute atomic E-state index is 0.0194. The summed E-state index contributed by atoms with van der Waals surface area (Å²) in [5.41, 5.74) is 0.270. The maximum atomic E-state index is 12.7. The molecule has 8 heteroatoms. The van der Waals surface area contributed by atoms with E-state index in [-0.39, 0.29) is 27.7 Å². The standard InChI is InChI=1S/C19H26N2O5S/c1-19(9-2-10-19)13-20-17(22)14-7-11-21(12-8-14)27(25,26)16-5-3-15(4-6-16)18(23)24/h3-6,14H,2,7-13H2,1H3,(H,20,22)(H,23,24). The van der Waals surface area contributed by atoms with Crippen molar-refractivity contribution in [1.82, 2.24) is 9.62 Å². The van der Waals surface area contributed by atoms with E-state index in [4.69, 9.17) is 5.11 Å². The predicted octanol–water partition coefficient (Wildman–Crippen LogP) is 2.09. The molecule has 0 spiro atoms. The summed E-state index contributed by atoms with van der Waals surface area (Å²) in [6, 6.07) is 5.21. The molecule has 1 saturated carbocycles. The van der Waals surface area contributed by atoms with Gasteiger partial charge in [-0.1, -0.05) is 13.3 Å². The lowest BCUT2D eigenvalue weighted by Crippen LogP contribution is -2.46. The largest absolute Gasteiger partial charge is 0.478 e. The Labute approximate surface area is 159 Å². The van der Waals surface area contributed by atoms with E-state index in [0.29, 0.717) is 32.5 Å². The summed E-state index contributed by atoms with van der Waals surface area (Å²) in [7, 11) is -3.68. The zero-order valence-electron chi connectivity index (χ0n) is 15.5. The zero-order chi connectivity index (χ0) is 19.7. The van der Waals surface area contributed by atoms with Gasteiger partial charge < -0.3 is 10.4 Å². The maximum Gasteiger partial charge on any atom is 0.335 e. The average molecular weight is 394 g/mol. The number of piperidine rings is 1. The van der Waals surface area contributed by atoms with E-state index in [0.717, 1.165) is 12.8 Å². The van der Waals surface area contributed by atoms with Crippen molar-refractivity contribution in [2.24, 2.45) is 11.3 Å². The second-order valence-electron chi connectivity index (χ2n) is 7.89. The van der Waals surface area contributed by atoms with Gasteiger partial charge in [0.15, 0.2) is 0 Å². The van der Waals surface area contributed by atoms with Crippen LogP contribution >= 0.6 is 0 Å². The quantitative estimate of drug-likeness (QED) is 0.769. The lowest BCUT2D eigenvalue weighted by Gasteiger charge is -2.39. The Morgan fingerprint density at radius 3 is 2.26 bits per heavy atom. The van der Waals surface area contributed by atoms with Crippen LogP contribution in [0, 0.1) is 11.3 Å². The number of hydrogen-bond donors (Lipinski definition) is 2. The Morgan fingerprint density at radius 2 is 1.78 bits per heavy atom. The molecule has 2 N–H and O–H groups in total. The summed E-state index contributed by atoms with van der Waals surface area (Å²) in [6.45, 7) is 3.46. The van der Waals surface area contributed by atoms with Gasteiger partial charge in [0.05, 0.1) is 10.5 Å². The molecule has 0 radical (unpaired) electrons. The molecule has 3 rings (SSSR count). The molecule has 1 saturated heterocycles. The van der Waals surface area contributed by atoms with Gasteiger partial charge in [0.1, 0.15) is 0 Å². The number of rotatable bonds is 6. The van der Waals surface area contributed by atoms with Crippen LogP contribution in [0.3, 0.4) is 0 Å². The van der Waals surface area contributed by atoms with Crippen LogP contribution < -0.4 is 5.32 Å². The highest BCUT2D eigenvalue weighted by Crippen LogP contribution is 2.39. The van der Waals surface area contributed by atoms with Gasteiger partial charge in [0.2, 0.25) is 15.9 Å². The first-order chi connectivity index (χ1) is 12.7. The minimum atomic E-state index is -3.68. The van der Waals surface area contributed by atoms with E-state index in [9.17, 15) is 18.0 Å². The Bertz CT molecular complexity index is 807. The van der Waals surface area contributed by atoms with E-state index in [1.54, 1.807) is 0 Å². The van der Waals surface area contributed by atoms with Crippen molar-refractivity contribution in [1.29, 1.82) is 0 Å². The second kappa shape index (κ2) is 7.59. The number of benzene rings is 1. The molecule has 1 amide bonds. The van der Waals surface area contributed by atoms with Crippen LogP contribution in [-0.4, -0.2) is 49.3 Å². The van der Waals surface area contributed by atoms with E-state index in [1.165, 1.54) is 35.0 Å². The van der Waals surface area contributed by atoms with Crippen LogP contribution in [0.1, 0.15) is 49.4 Å². The normalized spacial score (nSPS) is 20.6. The summed E-state index contributed by atoms with van der Waals surface area (Å²) >= 11 is 0. The highest BCUT2D eigenvalue weighted by atomic mass is 32.2. The topological polar surface area (TPSA) is 104 Å². The first kappa shape index (κ1) is 19.8. The van der Waals surface area contributed by atoms with Gasteiger partial charge in [-0.15, -0.1) is 0 Å². The lowest BCUT2D eigenvalue weighted by molar-refractivity contribution is -0.126. The highest BCUT2D eigenvalue weighted by Gasteiger charge is 2.35. The van der Waals surface area contributed by atoms with Crippen molar-refractivity contribution < 1.29 is 23.1 Å². The van der Waals surface area contributed by atoms with Crippen molar-refractivity contribution >= 4 is 21.9 Å². The van der Waals surface area contributed by atoms with Crippen molar-refractivity contribution in [3.05, 3.63) is 29.8 Å². The monoisotopic (exact) mass is 394 g/mol. The van der Waals surface area contributed by atoms with Gasteiger partial charge in [-0.3, -0.25) is 4.79 Å². The zero-order valence-corrected chi connectivity index (χ0v) is 16.3. The van der Waals surface area contributed by atoms with Gasteiger partial charge in [0, 0.05) is 25.6 Å². The average Bonchev–Trinajstić information content (AvgIpc) is 2.64. The number of sulfonamides is 1. The predicted molar refractivity (Wildman–Crippen MR) is 99.9 cm³/mol. The summed E-state index contributed by atoms with van der Waals surface area (Å²) in [4.78, 5) is 23.4. The summed E-state index contributed by atoms with van der Waals surface area (Å²) in [5.74, 6) is -1.23. The molecule has 1 heterocycles. The number of carbonyl (C=O) groups is 2. The fraction of sp³-hybridized carbons (Fsp3) is 0.579. The van der Waals surface area contributed by atoms with Gasteiger partial charge in [-0.25, -0.2) is 13.2 Å². The Kier molecular flexibility index (Phi) is 5.58. The van der Waals surface area contributed by atoms with Gasteiger partial charge >= 0.3 is 5.97 Å². The Morgan fingerprint density at radius 1 is 1.19 bits per heavy atom. The highest BCUT2D eigenvalue weighted by molar-refractivity contribution is 7.89. The van der Waals surface area contributed by atoms with Crippen LogP contribution in [0.4, 0.5) is 0 Å². The number of carboxylic acid groups (broad SMARTS) is 1. The lowest BCUT2D eigenvalue weighted by atomic mass is 9.70. The fourth-order valence-corrected chi connectivity index (χ4v) is 5.15. The molecule has 7 nitrogen and oxygen atoms in total. The third-order valence-electron chi connectivity index (χ3n) is 5.81. The summed E-state index contributed by atoms with van der Waals surface area (Å²) in [6.07, 6.45) is 4.50. The third-order valence-corrected chi connectivity index (χ3v) is 7.73. The number of carboxylic acids is 1. The second-order valence-corrected chi connectivity index (χ2v) is 9.83. The molecule has 0 atom stereocenters. The van der Waals surface area contributed by atoms with Crippen molar-refractivity contribution in [2.75, 3.05) is 19.6 Å². The number of nitrogens with one attached hydrogen (secondary N) is 1. The van der Waals surface area contributed by atoms with Crippen molar-refractivity contribution in [2.45, 2.75) is 43.9 Å². The molecular formula is C19H26N2O5S. The van der Waals surface area contributed by atoms with Crippen molar-refractivity contribution in [3.63, 3.8) is 0 Å². The molecule has 1 aliphatic heterocycles. The molecule has 27 heavy (non-hydrogen) atoms. The van der Waals surface area contributed by atoms with Gasteiger partial charge in [-0.2, -0.15) is 4.31 Å². The number of aromatic carboxylic acids is 1. The summed E-state index contributed by atoms with van der Waals surface area (Å²) in [5, 5.41) is 12.0. The smallest absolute Gasteiger partial charge is 0.335 e. The van der Waals surface area contributed by atoms with Gasteiger partial charge in [0.25, 0.3) is 0 Å². The Balaban J connectivity index is 1.55. The van der Waals surface area contributed by atoms with Crippen LogP contribution in [0.15, 0.2) is 29.2 Å². The van der Waals surface area contributed by atoms with E-state index < -0.39 is 16.0 Å². The molecular weight excluding hydrogens is 368 g/mol. The number of hydrogen-bond acceptors (Lipinski definition) is 4. The molecule has 148 valence electrons. The van der Waals surface area contributed by atoms with Crippen LogP contribution in [-0.2, 0) is 14.8 Å². The van der Waals surface area contributed by atoms with Crippen LogP contribution in [0.2, 0.25) is 0 Å². The van der Waals surface area contributed by atoms with Crippen molar-refractivity contribution in [3.8, 4) is 0 Å². The number of amides is 1. The van der Waals surface area contributed by atoms with E-state index >= 15 is 0 Å². The molecule has 0 bridgehead atoms. The molecule has 1 aromatic carbocycles. The van der Waals surface area contributed by atoms with Gasteiger partial charge in [-0.05, 0) is 55.4 Å². The van der Waals surface area contributed by atoms with E-state index in [2.05, 4.69) is 12.2 Å². The molecule has 2 fully saturated rings. The SMILES string of the molecule is CC1(CNC(=O)C2CCN(S(=O)(=O)c3ccc(C(=O)O)cc3)CC2)CCC1. The first-order valence-electron chi connectivity index (χ1n) is 9.33. The summed E-state index contributed by atoms with van der Waals surface area (Å²) < 4.78 is 26.8. The Hall–Kier alpha value is -1.93. The molecule has 1 aliphatic carbocycles. The molecule has 0 unspecified atom stereocenters. The molecule has 1 aromatic rings. The maximum absolute atomic E-state index is 12.7. The van der Waals surface area contributed by atoms with Crippen LogP contribution in [0.5, 0.6) is 0 Å². The van der Waals surface area contributed by atoms with Crippen LogP contribution in [0.25, 0.3) is 0 Å². The third kappa shape index (κ3) is 4.32. The molecule has 2 aliphatic rings. The van der Waals surface area contributed by atoms with E-state index in [1.807, 2.05) is 0 Å².